The first-order valence-electron chi connectivity index (χ1n) is 9.48. The van der Waals surface area contributed by atoms with Gasteiger partial charge in [0, 0.05) is 11.6 Å². The van der Waals surface area contributed by atoms with Crippen LogP contribution in [-0.2, 0) is 27.2 Å². The Morgan fingerprint density at radius 1 is 1.24 bits per heavy atom. The Balaban J connectivity index is 1.44. The molecule has 3 rings (SSSR count). The van der Waals surface area contributed by atoms with Gasteiger partial charge in [0.1, 0.15) is 18.1 Å². The van der Waals surface area contributed by atoms with Crippen LogP contribution in [0.3, 0.4) is 0 Å². The summed E-state index contributed by atoms with van der Waals surface area (Å²) in [5.41, 5.74) is 1.94. The molecular formula is C22H24ClNO5. The number of hydrogen-bond acceptors (Lipinski definition) is 5. The third-order valence-corrected chi connectivity index (χ3v) is 5.03. The van der Waals surface area contributed by atoms with Crippen LogP contribution in [0, 0.1) is 5.92 Å². The molecule has 1 aliphatic rings. The van der Waals surface area contributed by atoms with E-state index < -0.39 is 18.0 Å². The average Bonchev–Trinajstić information content (AvgIpc) is 2.73. The predicted molar refractivity (Wildman–Crippen MR) is 109 cm³/mol. The van der Waals surface area contributed by atoms with Crippen molar-refractivity contribution in [2.45, 2.75) is 25.9 Å². The average molecular weight is 418 g/mol. The lowest BCUT2D eigenvalue weighted by Gasteiger charge is -2.25. The third kappa shape index (κ3) is 5.64. The quantitative estimate of drug-likeness (QED) is 0.700. The molecule has 0 fully saturated rings. The van der Waals surface area contributed by atoms with E-state index in [0.717, 1.165) is 22.6 Å². The molecule has 2 atom stereocenters. The van der Waals surface area contributed by atoms with Crippen LogP contribution in [0.1, 0.15) is 18.1 Å². The Bertz CT molecular complexity index is 868. The van der Waals surface area contributed by atoms with E-state index in [-0.39, 0.29) is 12.5 Å². The highest BCUT2D eigenvalue weighted by molar-refractivity contribution is 6.30. The number of methoxy groups -OCH3 is 1. The fourth-order valence-corrected chi connectivity index (χ4v) is 3.30. The Hall–Kier alpha value is -2.73. The van der Waals surface area contributed by atoms with Gasteiger partial charge in [-0.2, -0.15) is 0 Å². The first-order chi connectivity index (χ1) is 14.0. The zero-order valence-corrected chi connectivity index (χ0v) is 17.2. The Morgan fingerprint density at radius 2 is 2.00 bits per heavy atom. The first-order valence-corrected chi connectivity index (χ1v) is 9.86. The van der Waals surface area contributed by atoms with Gasteiger partial charge < -0.3 is 19.5 Å². The van der Waals surface area contributed by atoms with Gasteiger partial charge in [0.15, 0.2) is 6.10 Å². The van der Waals surface area contributed by atoms with E-state index in [2.05, 4.69) is 5.32 Å². The van der Waals surface area contributed by atoms with E-state index in [1.807, 2.05) is 24.3 Å². The first kappa shape index (κ1) is 21.0. The molecule has 0 unspecified atom stereocenters. The molecule has 0 aliphatic carbocycles. The number of halogens is 1. The second kappa shape index (κ2) is 9.65. The maximum Gasteiger partial charge on any atom is 0.313 e. The van der Waals surface area contributed by atoms with Gasteiger partial charge in [-0.3, -0.25) is 9.59 Å². The molecule has 0 radical (unpaired) electrons. The lowest BCUT2D eigenvalue weighted by Crippen LogP contribution is -2.39. The highest BCUT2D eigenvalue weighted by Crippen LogP contribution is 2.30. The van der Waals surface area contributed by atoms with E-state index in [1.54, 1.807) is 32.2 Å². The van der Waals surface area contributed by atoms with E-state index in [0.29, 0.717) is 24.4 Å². The number of rotatable bonds is 7. The van der Waals surface area contributed by atoms with Crippen molar-refractivity contribution < 1.29 is 23.8 Å². The maximum atomic E-state index is 12.4. The van der Waals surface area contributed by atoms with Crippen molar-refractivity contribution in [3.05, 3.63) is 58.6 Å². The fourth-order valence-electron chi connectivity index (χ4n) is 3.10. The molecule has 2 aromatic carbocycles. The summed E-state index contributed by atoms with van der Waals surface area (Å²) in [4.78, 5) is 24.7. The topological polar surface area (TPSA) is 73.9 Å². The summed E-state index contributed by atoms with van der Waals surface area (Å²) in [5.74, 6) is 0.272. The van der Waals surface area contributed by atoms with Crippen molar-refractivity contribution in [1.82, 2.24) is 5.32 Å². The van der Waals surface area contributed by atoms with Crippen LogP contribution >= 0.6 is 11.6 Å². The molecule has 0 spiro atoms. The van der Waals surface area contributed by atoms with E-state index in [1.165, 1.54) is 0 Å². The molecular weight excluding hydrogens is 394 g/mol. The number of hydrogen-bond donors (Lipinski definition) is 1. The van der Waals surface area contributed by atoms with Crippen LogP contribution in [0.4, 0.5) is 0 Å². The van der Waals surface area contributed by atoms with Crippen molar-refractivity contribution in [3.8, 4) is 11.5 Å². The molecule has 6 nitrogen and oxygen atoms in total. The summed E-state index contributed by atoms with van der Waals surface area (Å²) < 4.78 is 16.1. The van der Waals surface area contributed by atoms with Crippen molar-refractivity contribution >= 4 is 23.5 Å². The monoisotopic (exact) mass is 417 g/mol. The molecule has 0 saturated carbocycles. The normalized spacial score (nSPS) is 16.2. The zero-order chi connectivity index (χ0) is 20.8. The minimum Gasteiger partial charge on any atom is -0.497 e. The van der Waals surface area contributed by atoms with Crippen LogP contribution in [0.2, 0.25) is 5.02 Å². The van der Waals surface area contributed by atoms with Gasteiger partial charge in [-0.05, 0) is 61.2 Å². The molecule has 154 valence electrons. The summed E-state index contributed by atoms with van der Waals surface area (Å²) in [6, 6.07) is 13.0. The highest BCUT2D eigenvalue weighted by atomic mass is 35.5. The Kier molecular flexibility index (Phi) is 6.99. The standard InChI is InChI=1S/C22H24ClNO5/c1-14(21(25)24-10-9-15-3-6-19(27-2)7-4-15)29-22(26)17-11-16-12-18(23)5-8-20(16)28-13-17/h3-8,12,14,17H,9-11,13H2,1-2H3,(H,24,25)/t14-,17+/m1/s1. The number of nitrogens with one attached hydrogen (secondary N) is 1. The molecule has 29 heavy (non-hydrogen) atoms. The highest BCUT2D eigenvalue weighted by Gasteiger charge is 2.29. The minimum atomic E-state index is -0.876. The van der Waals surface area contributed by atoms with Gasteiger partial charge in [-0.15, -0.1) is 0 Å². The van der Waals surface area contributed by atoms with Gasteiger partial charge in [0.25, 0.3) is 5.91 Å². The molecule has 7 heteroatoms. The number of benzene rings is 2. The van der Waals surface area contributed by atoms with Gasteiger partial charge in [0.2, 0.25) is 0 Å². The second-order valence-electron chi connectivity index (χ2n) is 6.93. The summed E-state index contributed by atoms with van der Waals surface area (Å²) in [7, 11) is 1.62. The SMILES string of the molecule is COc1ccc(CCNC(=O)[C@@H](C)OC(=O)[C@@H]2COc3ccc(Cl)cc3C2)cc1. The van der Waals surface area contributed by atoms with E-state index >= 15 is 0 Å². The molecule has 1 amide bonds. The molecule has 0 aromatic heterocycles. The lowest BCUT2D eigenvalue weighted by molar-refractivity contribution is -0.160. The largest absolute Gasteiger partial charge is 0.497 e. The number of carbonyl (C=O) groups excluding carboxylic acids is 2. The van der Waals surface area contributed by atoms with Crippen LogP contribution in [0.5, 0.6) is 11.5 Å². The Labute approximate surface area is 175 Å². The van der Waals surface area contributed by atoms with Crippen LogP contribution in [0.25, 0.3) is 0 Å². The number of fused-ring (bicyclic) bond motifs is 1. The summed E-state index contributed by atoms with van der Waals surface area (Å²) in [5, 5.41) is 3.38. The van der Waals surface area contributed by atoms with Gasteiger partial charge in [0.05, 0.1) is 13.0 Å². The van der Waals surface area contributed by atoms with E-state index in [9.17, 15) is 9.59 Å². The van der Waals surface area contributed by atoms with Gasteiger partial charge in [-0.25, -0.2) is 0 Å². The fraction of sp³-hybridized carbons (Fsp3) is 0.364. The molecule has 2 aromatic rings. The molecule has 0 bridgehead atoms. The van der Waals surface area contributed by atoms with Crippen molar-refractivity contribution in [2.75, 3.05) is 20.3 Å². The minimum absolute atomic E-state index is 0.222. The number of amides is 1. The van der Waals surface area contributed by atoms with Crippen molar-refractivity contribution in [1.29, 1.82) is 0 Å². The third-order valence-electron chi connectivity index (χ3n) is 4.80. The molecule has 1 aliphatic heterocycles. The smallest absolute Gasteiger partial charge is 0.313 e. The second-order valence-corrected chi connectivity index (χ2v) is 7.37. The van der Waals surface area contributed by atoms with Crippen molar-refractivity contribution in [2.24, 2.45) is 5.92 Å². The zero-order valence-electron chi connectivity index (χ0n) is 16.4. The number of ether oxygens (including phenoxy) is 3. The van der Waals surface area contributed by atoms with Gasteiger partial charge in [-0.1, -0.05) is 23.7 Å². The van der Waals surface area contributed by atoms with Gasteiger partial charge >= 0.3 is 5.97 Å². The molecule has 0 saturated heterocycles. The summed E-state index contributed by atoms with van der Waals surface area (Å²) in [6.45, 7) is 2.24. The van der Waals surface area contributed by atoms with E-state index in [4.69, 9.17) is 25.8 Å². The maximum absolute atomic E-state index is 12.4. The Morgan fingerprint density at radius 3 is 2.72 bits per heavy atom. The number of carbonyl (C=O) groups is 2. The predicted octanol–water partition coefficient (Wildman–Crippen LogP) is 3.19. The molecule has 1 N–H and O–H groups in total. The summed E-state index contributed by atoms with van der Waals surface area (Å²) >= 11 is 6.01. The van der Waals surface area contributed by atoms with Crippen LogP contribution < -0.4 is 14.8 Å². The van der Waals surface area contributed by atoms with Crippen molar-refractivity contribution in [3.63, 3.8) is 0 Å². The number of esters is 1. The summed E-state index contributed by atoms with van der Waals surface area (Å²) in [6.07, 6.45) is 0.268. The lowest BCUT2D eigenvalue weighted by atomic mass is 9.97. The molecule has 1 heterocycles. The van der Waals surface area contributed by atoms with Crippen LogP contribution in [0.15, 0.2) is 42.5 Å². The van der Waals surface area contributed by atoms with Crippen LogP contribution in [-0.4, -0.2) is 38.2 Å².